The minimum Gasteiger partial charge on any atom is -0.481 e. The summed E-state index contributed by atoms with van der Waals surface area (Å²) >= 11 is 0. The van der Waals surface area contributed by atoms with Gasteiger partial charge >= 0.3 is 0 Å². The highest BCUT2D eigenvalue weighted by atomic mass is 16.5. The predicted molar refractivity (Wildman–Crippen MR) is 58.3 cm³/mol. The Balaban J connectivity index is 2.11. The van der Waals surface area contributed by atoms with Crippen molar-refractivity contribution < 1.29 is 9.84 Å². The first-order valence-corrected chi connectivity index (χ1v) is 5.08. The van der Waals surface area contributed by atoms with Crippen molar-refractivity contribution in [2.75, 3.05) is 7.11 Å². The summed E-state index contributed by atoms with van der Waals surface area (Å²) in [4.78, 5) is 7.87. The molecule has 17 heavy (non-hydrogen) atoms. The van der Waals surface area contributed by atoms with E-state index in [0.717, 1.165) is 0 Å². The molecule has 2 aromatic rings. The lowest BCUT2D eigenvalue weighted by atomic mass is 10.1. The lowest BCUT2D eigenvalue weighted by Gasteiger charge is -2.08. The number of ether oxygens (including phenoxy) is 1. The van der Waals surface area contributed by atoms with Crippen molar-refractivity contribution in [2.45, 2.75) is 12.5 Å². The van der Waals surface area contributed by atoms with Crippen LogP contribution in [-0.4, -0.2) is 37.2 Å². The van der Waals surface area contributed by atoms with Gasteiger partial charge < -0.3 is 9.84 Å². The van der Waals surface area contributed by atoms with E-state index in [1.54, 1.807) is 24.0 Å². The van der Waals surface area contributed by atoms with Crippen LogP contribution in [0.3, 0.4) is 0 Å². The van der Waals surface area contributed by atoms with Gasteiger partial charge in [0.25, 0.3) is 0 Å². The number of hydrogen-bond donors (Lipinski definition) is 1. The molecule has 0 spiro atoms. The Kier molecular flexibility index (Phi) is 3.29. The number of aryl methyl sites for hydroxylation is 1. The lowest BCUT2D eigenvalue weighted by molar-refractivity contribution is 0.171. The van der Waals surface area contributed by atoms with Crippen LogP contribution in [0.1, 0.15) is 17.5 Å². The number of rotatable bonds is 4. The molecule has 0 saturated carbocycles. The van der Waals surface area contributed by atoms with Gasteiger partial charge in [-0.25, -0.2) is 9.97 Å². The smallest absolute Gasteiger partial charge is 0.216 e. The van der Waals surface area contributed by atoms with Crippen LogP contribution in [-0.2, 0) is 13.5 Å². The number of hydrogen-bond acceptors (Lipinski definition) is 6. The Morgan fingerprint density at radius 1 is 1.47 bits per heavy atom. The van der Waals surface area contributed by atoms with Crippen molar-refractivity contribution in [3.05, 3.63) is 30.0 Å². The monoisotopic (exact) mass is 235 g/mol. The van der Waals surface area contributed by atoms with Gasteiger partial charge in [-0.15, -0.1) is 5.10 Å². The number of aromatic nitrogens is 5. The fourth-order valence-corrected chi connectivity index (χ4v) is 1.44. The second-order valence-electron chi connectivity index (χ2n) is 3.59. The molecule has 2 aromatic heterocycles. The zero-order valence-corrected chi connectivity index (χ0v) is 9.61. The molecular weight excluding hydrogens is 222 g/mol. The molecule has 7 nitrogen and oxygen atoms in total. The van der Waals surface area contributed by atoms with Gasteiger partial charge in [-0.1, -0.05) is 5.21 Å². The van der Waals surface area contributed by atoms with E-state index < -0.39 is 6.10 Å². The molecule has 1 unspecified atom stereocenters. The largest absolute Gasteiger partial charge is 0.481 e. The summed E-state index contributed by atoms with van der Waals surface area (Å²) in [6.07, 6.45) is 2.72. The highest BCUT2D eigenvalue weighted by molar-refractivity contribution is 5.16. The van der Waals surface area contributed by atoms with E-state index in [0.29, 0.717) is 23.7 Å². The molecular formula is C10H13N5O2. The maximum atomic E-state index is 9.98. The molecule has 0 fully saturated rings. The Labute approximate surface area is 98.1 Å². The Morgan fingerprint density at radius 3 is 2.94 bits per heavy atom. The zero-order valence-electron chi connectivity index (χ0n) is 9.61. The van der Waals surface area contributed by atoms with Crippen LogP contribution in [0, 0.1) is 0 Å². The zero-order chi connectivity index (χ0) is 12.3. The van der Waals surface area contributed by atoms with Crippen molar-refractivity contribution in [3.63, 3.8) is 0 Å². The molecule has 0 aliphatic heterocycles. The van der Waals surface area contributed by atoms with Crippen molar-refractivity contribution in [3.8, 4) is 5.88 Å². The third-order valence-electron chi connectivity index (χ3n) is 2.27. The number of aliphatic hydroxyl groups excluding tert-OH is 1. The fourth-order valence-electron chi connectivity index (χ4n) is 1.44. The van der Waals surface area contributed by atoms with Crippen LogP contribution in [0.5, 0.6) is 5.88 Å². The number of nitrogens with zero attached hydrogens (tertiary/aromatic N) is 5. The molecule has 2 rings (SSSR count). The molecule has 90 valence electrons. The number of aliphatic hydroxyl groups is 1. The topological polar surface area (TPSA) is 86.0 Å². The highest BCUT2D eigenvalue weighted by Gasteiger charge is 2.13. The van der Waals surface area contributed by atoms with Crippen LogP contribution in [0.25, 0.3) is 0 Å². The van der Waals surface area contributed by atoms with Crippen LogP contribution < -0.4 is 4.74 Å². The maximum Gasteiger partial charge on any atom is 0.216 e. The second-order valence-corrected chi connectivity index (χ2v) is 3.59. The van der Waals surface area contributed by atoms with Gasteiger partial charge in [0.1, 0.15) is 12.4 Å². The normalized spacial score (nSPS) is 12.4. The lowest BCUT2D eigenvalue weighted by Crippen LogP contribution is -2.05. The van der Waals surface area contributed by atoms with Gasteiger partial charge in [0.15, 0.2) is 0 Å². The van der Waals surface area contributed by atoms with Gasteiger partial charge in [-0.3, -0.25) is 4.68 Å². The van der Waals surface area contributed by atoms with Crippen molar-refractivity contribution in [2.24, 2.45) is 7.05 Å². The van der Waals surface area contributed by atoms with Crippen LogP contribution in [0.4, 0.5) is 0 Å². The number of methoxy groups -OCH3 is 1. The summed E-state index contributed by atoms with van der Waals surface area (Å²) in [5.74, 6) is 0.424. The summed E-state index contributed by atoms with van der Waals surface area (Å²) in [5, 5.41) is 17.7. The van der Waals surface area contributed by atoms with Gasteiger partial charge in [0.2, 0.25) is 5.88 Å². The van der Waals surface area contributed by atoms with Crippen molar-refractivity contribution >= 4 is 0 Å². The third-order valence-corrected chi connectivity index (χ3v) is 2.27. The summed E-state index contributed by atoms with van der Waals surface area (Å²) in [6.45, 7) is 0. The van der Waals surface area contributed by atoms with E-state index in [9.17, 15) is 5.11 Å². The highest BCUT2D eigenvalue weighted by Crippen LogP contribution is 2.17. The summed E-state index contributed by atoms with van der Waals surface area (Å²) in [7, 11) is 3.29. The Bertz CT molecular complexity index is 499. The van der Waals surface area contributed by atoms with Crippen LogP contribution in [0.15, 0.2) is 18.6 Å². The van der Waals surface area contributed by atoms with Gasteiger partial charge in [-0.2, -0.15) is 0 Å². The first-order valence-electron chi connectivity index (χ1n) is 5.08. The van der Waals surface area contributed by atoms with E-state index >= 15 is 0 Å². The second kappa shape index (κ2) is 4.88. The molecule has 0 bridgehead atoms. The van der Waals surface area contributed by atoms with E-state index in [-0.39, 0.29) is 0 Å². The molecule has 0 saturated heterocycles. The molecule has 2 heterocycles. The average molecular weight is 235 g/mol. The predicted octanol–water partition coefficient (Wildman–Crippen LogP) is -0.110. The Hall–Kier alpha value is -2.02. The molecule has 0 aliphatic carbocycles. The quantitative estimate of drug-likeness (QED) is 0.795. The third kappa shape index (κ3) is 2.76. The molecule has 7 heteroatoms. The first kappa shape index (κ1) is 11.5. The molecule has 1 N–H and O–H groups in total. The maximum absolute atomic E-state index is 9.98. The van der Waals surface area contributed by atoms with E-state index in [4.69, 9.17) is 4.74 Å². The fraction of sp³-hybridized carbons (Fsp3) is 0.400. The van der Waals surface area contributed by atoms with Crippen molar-refractivity contribution in [1.82, 2.24) is 25.0 Å². The summed E-state index contributed by atoms with van der Waals surface area (Å²) in [5.41, 5.74) is 1.21. The average Bonchev–Trinajstić information content (AvgIpc) is 2.75. The molecule has 0 aromatic carbocycles. The summed E-state index contributed by atoms with van der Waals surface area (Å²) < 4.78 is 6.55. The minimum absolute atomic E-state index is 0.355. The van der Waals surface area contributed by atoms with Crippen molar-refractivity contribution in [1.29, 1.82) is 0 Å². The van der Waals surface area contributed by atoms with E-state index in [2.05, 4.69) is 20.3 Å². The van der Waals surface area contributed by atoms with Gasteiger partial charge in [0.05, 0.1) is 18.5 Å². The molecule has 0 amide bonds. The SMILES string of the molecule is COc1cc(C(O)Cc2cn(C)nn2)ncn1. The Morgan fingerprint density at radius 2 is 2.29 bits per heavy atom. The summed E-state index contributed by atoms with van der Waals surface area (Å²) in [6, 6.07) is 1.60. The van der Waals surface area contributed by atoms with Gasteiger partial charge in [-0.05, 0) is 0 Å². The molecule has 0 radical (unpaired) electrons. The van der Waals surface area contributed by atoms with E-state index in [1.807, 2.05) is 0 Å². The minimum atomic E-state index is -0.747. The molecule has 1 atom stereocenters. The molecule has 0 aliphatic rings. The van der Waals surface area contributed by atoms with Gasteiger partial charge in [0, 0.05) is 25.7 Å². The van der Waals surface area contributed by atoms with Crippen LogP contribution >= 0.6 is 0 Å². The standard InChI is InChI=1S/C10H13N5O2/c1-15-5-7(13-14-15)3-9(16)8-4-10(17-2)12-6-11-8/h4-6,9,16H,3H2,1-2H3. The van der Waals surface area contributed by atoms with E-state index in [1.165, 1.54) is 13.4 Å². The van der Waals surface area contributed by atoms with Crippen LogP contribution in [0.2, 0.25) is 0 Å². The first-order chi connectivity index (χ1) is 8.19.